The van der Waals surface area contributed by atoms with Crippen LogP contribution in [0.25, 0.3) is 11.1 Å². The highest BCUT2D eigenvalue weighted by molar-refractivity contribution is 14.1. The Labute approximate surface area is 116 Å². The van der Waals surface area contributed by atoms with E-state index in [1.165, 1.54) is 0 Å². The maximum Gasteiger partial charge on any atom is 0.194 e. The van der Waals surface area contributed by atoms with E-state index >= 15 is 0 Å². The molecule has 0 N–H and O–H groups in total. The minimum absolute atomic E-state index is 0.100. The van der Waals surface area contributed by atoms with Gasteiger partial charge in [0.25, 0.3) is 0 Å². The van der Waals surface area contributed by atoms with E-state index < -0.39 is 0 Å². The Morgan fingerprint density at radius 3 is 2.33 bits per heavy atom. The second-order valence-corrected chi connectivity index (χ2v) is 5.61. The molecule has 0 unspecified atom stereocenters. The highest BCUT2D eigenvalue weighted by Gasteiger charge is 2.27. The largest absolute Gasteiger partial charge is 0.289 e. The molecule has 0 amide bonds. The summed E-state index contributed by atoms with van der Waals surface area (Å²) in [5.41, 5.74) is 3.55. The first-order valence-electron chi connectivity index (χ1n) is 5.62. The van der Waals surface area contributed by atoms with Gasteiger partial charge in [0.1, 0.15) is 6.67 Å². The molecule has 2 aromatic carbocycles. The van der Waals surface area contributed by atoms with Gasteiger partial charge in [0.05, 0.1) is 10.7 Å². The first-order chi connectivity index (χ1) is 8.74. The number of carbonyl (C=O) groups excluding carboxylic acids is 1. The minimum Gasteiger partial charge on any atom is -0.289 e. The van der Waals surface area contributed by atoms with Crippen molar-refractivity contribution in [2.24, 2.45) is 9.98 Å². The van der Waals surface area contributed by atoms with Crippen LogP contribution in [0.4, 0.5) is 0 Å². The van der Waals surface area contributed by atoms with Crippen LogP contribution in [0.3, 0.4) is 0 Å². The van der Waals surface area contributed by atoms with Crippen molar-refractivity contribution in [3.8, 4) is 11.1 Å². The fourth-order valence-electron chi connectivity index (χ4n) is 2.51. The summed E-state index contributed by atoms with van der Waals surface area (Å²) >= 11 is 2.23. The number of benzene rings is 2. The Morgan fingerprint density at radius 2 is 1.56 bits per heavy atom. The highest BCUT2D eigenvalue weighted by atomic mass is 127. The molecule has 1 heterocycles. The van der Waals surface area contributed by atoms with Gasteiger partial charge in [-0.2, -0.15) is 0 Å². The number of nitrogens with zero attached hydrogens (tertiary/aromatic N) is 2. The molecule has 86 valence electrons. The maximum atomic E-state index is 12.4. The van der Waals surface area contributed by atoms with Crippen LogP contribution >= 0.6 is 22.6 Å². The van der Waals surface area contributed by atoms with Crippen LogP contribution in [0.2, 0.25) is 0 Å². The van der Waals surface area contributed by atoms with Crippen molar-refractivity contribution in [3.63, 3.8) is 0 Å². The molecule has 0 saturated heterocycles. The summed E-state index contributed by atoms with van der Waals surface area (Å²) in [4.78, 5) is 20.9. The van der Waals surface area contributed by atoms with Gasteiger partial charge in [0.15, 0.2) is 5.78 Å². The van der Waals surface area contributed by atoms with E-state index in [4.69, 9.17) is 0 Å². The molecule has 2 aliphatic rings. The van der Waals surface area contributed by atoms with Crippen LogP contribution in [-0.4, -0.2) is 12.5 Å². The van der Waals surface area contributed by atoms with Gasteiger partial charge in [-0.15, -0.1) is 0 Å². The Morgan fingerprint density at radius 1 is 0.889 bits per heavy atom. The normalized spacial score (nSPS) is 14.6. The molecule has 0 atom stereocenters. The number of hydrogen-bond acceptors (Lipinski definition) is 3. The monoisotopic (exact) mass is 346 g/mol. The van der Waals surface area contributed by atoms with E-state index in [1.54, 1.807) is 0 Å². The molecule has 18 heavy (non-hydrogen) atoms. The zero-order valence-electron chi connectivity index (χ0n) is 9.27. The van der Waals surface area contributed by atoms with E-state index in [0.29, 0.717) is 6.67 Å². The molecule has 2 aromatic rings. The molecule has 3 nitrogen and oxygen atoms in total. The number of hydrogen-bond donors (Lipinski definition) is 0. The lowest BCUT2D eigenvalue weighted by Gasteiger charge is -1.99. The molecule has 0 aromatic heterocycles. The molecule has 0 fully saturated rings. The number of halogens is 1. The SMILES string of the molecule is O=C1c2cc(I)ccc2-c2cc3c(cc21)=NCN=3. The maximum absolute atomic E-state index is 12.4. The van der Waals surface area contributed by atoms with Crippen molar-refractivity contribution in [1.29, 1.82) is 0 Å². The van der Waals surface area contributed by atoms with E-state index in [9.17, 15) is 4.79 Å². The molecule has 0 bridgehead atoms. The van der Waals surface area contributed by atoms with Crippen LogP contribution in [0.15, 0.2) is 40.3 Å². The third-order valence-corrected chi connectivity index (χ3v) is 4.03. The van der Waals surface area contributed by atoms with Gasteiger partial charge in [0, 0.05) is 14.7 Å². The minimum atomic E-state index is 0.100. The summed E-state index contributed by atoms with van der Waals surface area (Å²) in [5.74, 6) is 0.100. The van der Waals surface area contributed by atoms with Gasteiger partial charge >= 0.3 is 0 Å². The third kappa shape index (κ3) is 1.26. The van der Waals surface area contributed by atoms with E-state index in [1.807, 2.05) is 30.3 Å². The molecular weight excluding hydrogens is 339 g/mol. The zero-order chi connectivity index (χ0) is 12.3. The number of carbonyl (C=O) groups is 1. The Kier molecular flexibility index (Phi) is 2.00. The second-order valence-electron chi connectivity index (χ2n) is 4.36. The molecule has 1 aliphatic heterocycles. The van der Waals surface area contributed by atoms with Crippen LogP contribution < -0.4 is 10.7 Å². The van der Waals surface area contributed by atoms with Crippen molar-refractivity contribution in [2.75, 3.05) is 6.67 Å². The third-order valence-electron chi connectivity index (χ3n) is 3.36. The van der Waals surface area contributed by atoms with E-state index in [-0.39, 0.29) is 5.78 Å². The molecule has 0 radical (unpaired) electrons. The average Bonchev–Trinajstić information content (AvgIpc) is 2.92. The van der Waals surface area contributed by atoms with Crippen LogP contribution in [0, 0.1) is 3.57 Å². The van der Waals surface area contributed by atoms with Gasteiger partial charge in [-0.1, -0.05) is 6.07 Å². The van der Waals surface area contributed by atoms with Gasteiger partial charge in [0.2, 0.25) is 0 Å². The Balaban J connectivity index is 2.13. The lowest BCUT2D eigenvalue weighted by Crippen LogP contribution is -2.22. The van der Waals surface area contributed by atoms with Crippen molar-refractivity contribution >= 4 is 28.4 Å². The fourth-order valence-corrected chi connectivity index (χ4v) is 3.00. The van der Waals surface area contributed by atoms with Gasteiger partial charge in [-0.3, -0.25) is 14.8 Å². The number of rotatable bonds is 0. The lowest BCUT2D eigenvalue weighted by molar-refractivity contribution is 0.104. The van der Waals surface area contributed by atoms with Crippen molar-refractivity contribution in [1.82, 2.24) is 0 Å². The van der Waals surface area contributed by atoms with Crippen LogP contribution in [0.5, 0.6) is 0 Å². The first kappa shape index (κ1) is 10.4. The predicted molar refractivity (Wildman–Crippen MR) is 75.2 cm³/mol. The molecule has 4 rings (SSSR count). The van der Waals surface area contributed by atoms with Gasteiger partial charge in [-0.25, -0.2) is 0 Å². The topological polar surface area (TPSA) is 41.8 Å². The summed E-state index contributed by atoms with van der Waals surface area (Å²) in [6.07, 6.45) is 0. The summed E-state index contributed by atoms with van der Waals surface area (Å²) in [5, 5.41) is 1.73. The Hall–Kier alpha value is -1.56. The Bertz CT molecular complexity index is 840. The predicted octanol–water partition coefficient (Wildman–Crippen LogP) is 1.71. The van der Waals surface area contributed by atoms with Crippen molar-refractivity contribution in [2.45, 2.75) is 0 Å². The summed E-state index contributed by atoms with van der Waals surface area (Å²) < 4.78 is 1.08. The van der Waals surface area contributed by atoms with Crippen LogP contribution in [0.1, 0.15) is 15.9 Å². The van der Waals surface area contributed by atoms with Crippen LogP contribution in [-0.2, 0) is 0 Å². The summed E-state index contributed by atoms with van der Waals surface area (Å²) in [6.45, 7) is 0.478. The van der Waals surface area contributed by atoms with Crippen molar-refractivity contribution < 1.29 is 4.79 Å². The van der Waals surface area contributed by atoms with E-state index in [2.05, 4.69) is 32.6 Å². The number of fused-ring (bicyclic) bond motifs is 4. The highest BCUT2D eigenvalue weighted by Crippen LogP contribution is 2.35. The molecule has 1 aliphatic carbocycles. The summed E-state index contributed by atoms with van der Waals surface area (Å²) in [6, 6.07) is 9.83. The summed E-state index contributed by atoms with van der Waals surface area (Å²) in [7, 11) is 0. The van der Waals surface area contributed by atoms with E-state index in [0.717, 1.165) is 36.5 Å². The molecule has 0 spiro atoms. The molecular formula is C14H7IN2O. The van der Waals surface area contributed by atoms with Gasteiger partial charge < -0.3 is 0 Å². The fraction of sp³-hybridized carbons (Fsp3) is 0.0714. The van der Waals surface area contributed by atoms with Gasteiger partial charge in [-0.05, 0) is 58.0 Å². The average molecular weight is 346 g/mol. The van der Waals surface area contributed by atoms with Crippen molar-refractivity contribution in [3.05, 3.63) is 55.7 Å². The first-order valence-corrected chi connectivity index (χ1v) is 6.69. The second kappa shape index (κ2) is 3.47. The quantitative estimate of drug-likeness (QED) is 0.572. The molecule has 4 heteroatoms. The zero-order valence-corrected chi connectivity index (χ0v) is 11.4. The molecule has 0 saturated carbocycles. The smallest absolute Gasteiger partial charge is 0.194 e. The standard InChI is InChI=1S/C14H7IN2O/c15-7-1-2-8-9-4-12-13(17-6-16-12)5-11(9)14(18)10(8)3-7/h1-5H,6H2. The number of ketones is 1. The lowest BCUT2D eigenvalue weighted by atomic mass is 10.1.